The van der Waals surface area contributed by atoms with E-state index in [1.807, 2.05) is 0 Å². The maximum atomic E-state index is 9.88. The van der Waals surface area contributed by atoms with E-state index in [4.69, 9.17) is 5.26 Å². The van der Waals surface area contributed by atoms with Crippen molar-refractivity contribution < 1.29 is 4.79 Å². The van der Waals surface area contributed by atoms with E-state index in [1.54, 1.807) is 18.4 Å². The predicted octanol–water partition coefficient (Wildman–Crippen LogP) is 0.956. The first-order chi connectivity index (χ1) is 4.36. The summed E-state index contributed by atoms with van der Waals surface area (Å²) >= 11 is 0. The van der Waals surface area contributed by atoms with Crippen LogP contribution in [0.1, 0.15) is 12.8 Å². The molecule has 1 fully saturated rings. The molecule has 0 atom stereocenters. The highest BCUT2D eigenvalue weighted by molar-refractivity contribution is 5.79. The van der Waals surface area contributed by atoms with Crippen LogP contribution >= 0.6 is 0 Å². The van der Waals surface area contributed by atoms with Crippen molar-refractivity contribution in [2.45, 2.75) is 12.8 Å². The van der Waals surface area contributed by atoms with Gasteiger partial charge in [-0.1, -0.05) is 6.08 Å². The van der Waals surface area contributed by atoms with Crippen molar-refractivity contribution in [1.82, 2.24) is 0 Å². The predicted molar refractivity (Wildman–Crippen MR) is 32.1 cm³/mol. The van der Waals surface area contributed by atoms with Crippen LogP contribution in [0.4, 0.5) is 0 Å². The minimum atomic E-state index is 0.150. The van der Waals surface area contributed by atoms with Gasteiger partial charge >= 0.3 is 0 Å². The molecular formula is C7H6NO. The second-order valence-electron chi connectivity index (χ2n) is 2.13. The Kier molecular flexibility index (Phi) is 1.64. The maximum absolute atomic E-state index is 9.88. The van der Waals surface area contributed by atoms with Crippen LogP contribution in [0.2, 0.25) is 0 Å². The molecule has 0 N–H and O–H groups in total. The number of allylic oxidation sites excluding steroid dienone is 2. The SMILES string of the molecule is N#C/C([C]=O)=C/C1CC1. The molecule has 0 aliphatic heterocycles. The molecule has 2 heteroatoms. The van der Waals surface area contributed by atoms with Gasteiger partial charge in [-0.05, 0) is 18.8 Å². The van der Waals surface area contributed by atoms with Crippen molar-refractivity contribution in [2.75, 3.05) is 0 Å². The molecule has 0 spiro atoms. The molecule has 0 saturated heterocycles. The third kappa shape index (κ3) is 1.69. The molecule has 1 saturated carbocycles. The van der Waals surface area contributed by atoms with Gasteiger partial charge in [-0.2, -0.15) is 5.26 Å². The largest absolute Gasteiger partial charge is 0.284 e. The zero-order valence-electron chi connectivity index (χ0n) is 4.92. The number of carbonyl (C=O) groups excluding carboxylic acids is 1. The summed E-state index contributed by atoms with van der Waals surface area (Å²) in [6.45, 7) is 0. The number of rotatable bonds is 2. The molecule has 1 aliphatic carbocycles. The Morgan fingerprint density at radius 3 is 2.67 bits per heavy atom. The number of hydrogen-bond donors (Lipinski definition) is 0. The van der Waals surface area contributed by atoms with Crippen LogP contribution in [-0.4, -0.2) is 6.29 Å². The van der Waals surface area contributed by atoms with E-state index < -0.39 is 0 Å². The Morgan fingerprint density at radius 2 is 2.33 bits per heavy atom. The first-order valence-corrected chi connectivity index (χ1v) is 2.87. The highest BCUT2D eigenvalue weighted by atomic mass is 16.1. The molecule has 1 radical (unpaired) electrons. The van der Waals surface area contributed by atoms with E-state index >= 15 is 0 Å². The fourth-order valence-corrected chi connectivity index (χ4v) is 0.593. The summed E-state index contributed by atoms with van der Waals surface area (Å²) in [4.78, 5) is 9.88. The summed E-state index contributed by atoms with van der Waals surface area (Å²) in [5, 5.41) is 8.22. The van der Waals surface area contributed by atoms with Gasteiger partial charge in [-0.25, -0.2) is 0 Å². The molecule has 0 amide bonds. The minimum Gasteiger partial charge on any atom is -0.284 e. The van der Waals surface area contributed by atoms with Gasteiger partial charge in [0.25, 0.3) is 0 Å². The van der Waals surface area contributed by atoms with Crippen LogP contribution in [0.15, 0.2) is 11.6 Å². The average Bonchev–Trinajstić information content (AvgIpc) is 2.66. The van der Waals surface area contributed by atoms with Crippen LogP contribution in [0.3, 0.4) is 0 Å². The molecule has 2 nitrogen and oxygen atoms in total. The van der Waals surface area contributed by atoms with Crippen molar-refractivity contribution in [2.24, 2.45) is 5.92 Å². The van der Waals surface area contributed by atoms with Crippen LogP contribution < -0.4 is 0 Å². The van der Waals surface area contributed by atoms with E-state index in [-0.39, 0.29) is 5.57 Å². The molecule has 0 aromatic carbocycles. The Bertz CT molecular complexity index is 184. The lowest BCUT2D eigenvalue weighted by atomic mass is 10.2. The van der Waals surface area contributed by atoms with Crippen LogP contribution in [0.5, 0.6) is 0 Å². The van der Waals surface area contributed by atoms with Gasteiger partial charge in [-0.15, -0.1) is 0 Å². The van der Waals surface area contributed by atoms with Crippen molar-refractivity contribution in [3.63, 3.8) is 0 Å². The first-order valence-electron chi connectivity index (χ1n) is 2.87. The van der Waals surface area contributed by atoms with Crippen molar-refractivity contribution >= 4 is 6.29 Å². The average molecular weight is 120 g/mol. The fourth-order valence-electron chi connectivity index (χ4n) is 0.593. The van der Waals surface area contributed by atoms with E-state index in [0.717, 1.165) is 12.8 Å². The normalized spacial score (nSPS) is 18.8. The van der Waals surface area contributed by atoms with Gasteiger partial charge in [-0.3, -0.25) is 4.79 Å². The molecule has 45 valence electrons. The lowest BCUT2D eigenvalue weighted by Gasteiger charge is -1.77. The van der Waals surface area contributed by atoms with Crippen LogP contribution in [0, 0.1) is 17.2 Å². The minimum absolute atomic E-state index is 0.150. The van der Waals surface area contributed by atoms with Crippen molar-refractivity contribution in [1.29, 1.82) is 5.26 Å². The summed E-state index contributed by atoms with van der Waals surface area (Å²) in [6, 6.07) is 1.76. The Hall–Kier alpha value is -1.10. The van der Waals surface area contributed by atoms with Gasteiger partial charge in [0.15, 0.2) is 0 Å². The zero-order chi connectivity index (χ0) is 6.69. The second-order valence-corrected chi connectivity index (χ2v) is 2.13. The molecule has 0 aromatic rings. The van der Waals surface area contributed by atoms with Gasteiger partial charge in [0, 0.05) is 0 Å². The zero-order valence-corrected chi connectivity index (χ0v) is 4.92. The van der Waals surface area contributed by atoms with E-state index in [2.05, 4.69) is 0 Å². The van der Waals surface area contributed by atoms with Gasteiger partial charge in [0.05, 0.1) is 5.57 Å². The molecule has 0 unspecified atom stereocenters. The maximum Gasteiger partial charge on any atom is 0.244 e. The fraction of sp³-hybridized carbons (Fsp3) is 0.429. The highest BCUT2D eigenvalue weighted by Crippen LogP contribution is 2.30. The van der Waals surface area contributed by atoms with Gasteiger partial charge in [0.2, 0.25) is 6.29 Å². The molecule has 0 bridgehead atoms. The summed E-state index contributed by atoms with van der Waals surface area (Å²) in [7, 11) is 0. The smallest absolute Gasteiger partial charge is 0.244 e. The van der Waals surface area contributed by atoms with Gasteiger partial charge in [0.1, 0.15) is 6.07 Å². The topological polar surface area (TPSA) is 40.9 Å². The third-order valence-electron chi connectivity index (χ3n) is 1.25. The van der Waals surface area contributed by atoms with E-state index in [1.165, 1.54) is 0 Å². The van der Waals surface area contributed by atoms with E-state index in [0.29, 0.717) is 5.92 Å². The number of nitrogens with zero attached hydrogens (tertiary/aromatic N) is 1. The monoisotopic (exact) mass is 120 g/mol. The number of hydrogen-bond acceptors (Lipinski definition) is 2. The quantitative estimate of drug-likeness (QED) is 0.402. The summed E-state index contributed by atoms with van der Waals surface area (Å²) < 4.78 is 0. The molecule has 9 heavy (non-hydrogen) atoms. The van der Waals surface area contributed by atoms with Crippen molar-refractivity contribution in [3.8, 4) is 6.07 Å². The Balaban J connectivity index is 2.54. The molecule has 1 aliphatic rings. The van der Waals surface area contributed by atoms with Crippen molar-refractivity contribution in [3.05, 3.63) is 11.6 Å². The second kappa shape index (κ2) is 2.45. The molecule has 0 heterocycles. The van der Waals surface area contributed by atoms with E-state index in [9.17, 15) is 4.79 Å². The first kappa shape index (κ1) is 6.03. The summed E-state index contributed by atoms with van der Waals surface area (Å²) in [5.41, 5.74) is 0.150. The molecular weight excluding hydrogens is 114 g/mol. The standard InChI is InChI=1S/C7H6NO/c8-4-7(5-9)3-6-1-2-6/h3,6H,1-2H2/b7-3-. The van der Waals surface area contributed by atoms with Gasteiger partial charge < -0.3 is 0 Å². The molecule has 1 rings (SSSR count). The summed E-state index contributed by atoms with van der Waals surface area (Å²) in [5.74, 6) is 0.487. The highest BCUT2D eigenvalue weighted by Gasteiger charge is 2.18. The Labute approximate surface area is 53.8 Å². The summed E-state index contributed by atoms with van der Waals surface area (Å²) in [6.07, 6.45) is 5.50. The van der Waals surface area contributed by atoms with Crippen LogP contribution in [-0.2, 0) is 4.79 Å². The third-order valence-corrected chi connectivity index (χ3v) is 1.25. The molecule has 0 aromatic heterocycles. The lowest BCUT2D eigenvalue weighted by molar-refractivity contribution is 0.562. The Morgan fingerprint density at radius 1 is 1.67 bits per heavy atom. The lowest BCUT2D eigenvalue weighted by Crippen LogP contribution is -1.78. The van der Waals surface area contributed by atoms with Crippen LogP contribution in [0.25, 0.3) is 0 Å². The number of nitriles is 1.